The van der Waals surface area contributed by atoms with Crippen LogP contribution in [0.4, 0.5) is 0 Å². The molecule has 3 aromatic heterocycles. The van der Waals surface area contributed by atoms with Crippen molar-refractivity contribution in [3.8, 4) is 0 Å². The first kappa shape index (κ1) is 16.9. The quantitative estimate of drug-likeness (QED) is 0.678. The molecular weight excluding hydrogens is 362 g/mol. The van der Waals surface area contributed by atoms with Crippen LogP contribution < -0.4 is 5.69 Å². The summed E-state index contributed by atoms with van der Waals surface area (Å²) in [5.74, 6) is 0.661. The molecule has 142 valence electrons. The third kappa shape index (κ3) is 2.77. The molecule has 0 unspecified atom stereocenters. The van der Waals surface area contributed by atoms with E-state index in [4.69, 9.17) is 0 Å². The Hall–Kier alpha value is -2.22. The zero-order chi connectivity index (χ0) is 18.5. The zero-order valence-electron chi connectivity index (χ0n) is 15.5. The Morgan fingerprint density at radius 2 is 2.11 bits per heavy atom. The lowest BCUT2D eigenvalue weighted by molar-refractivity contribution is -0.132. The Labute approximate surface area is 160 Å². The molecule has 7 nitrogen and oxygen atoms in total. The van der Waals surface area contributed by atoms with Gasteiger partial charge in [0, 0.05) is 18.0 Å². The van der Waals surface area contributed by atoms with Crippen molar-refractivity contribution in [2.45, 2.75) is 52.0 Å². The molecule has 1 aliphatic carbocycles. The second-order valence-electron chi connectivity index (χ2n) is 7.85. The number of aryl methyl sites for hydroxylation is 1. The minimum absolute atomic E-state index is 0.00533. The van der Waals surface area contributed by atoms with Gasteiger partial charge < -0.3 is 4.90 Å². The van der Waals surface area contributed by atoms with Crippen LogP contribution in [-0.4, -0.2) is 43.1 Å². The van der Waals surface area contributed by atoms with Gasteiger partial charge in [-0.1, -0.05) is 6.92 Å². The molecule has 0 N–H and O–H groups in total. The maximum Gasteiger partial charge on any atom is 0.352 e. The van der Waals surface area contributed by atoms with Gasteiger partial charge in [-0.3, -0.25) is 4.79 Å². The van der Waals surface area contributed by atoms with E-state index >= 15 is 0 Å². The lowest BCUT2D eigenvalue weighted by Gasteiger charge is -2.26. The molecule has 0 radical (unpaired) electrons. The number of likely N-dealkylation sites (tertiary alicyclic amines) is 1. The van der Waals surface area contributed by atoms with E-state index in [9.17, 15) is 9.59 Å². The third-order valence-corrected chi connectivity index (χ3v) is 7.03. The van der Waals surface area contributed by atoms with Crippen molar-refractivity contribution >= 4 is 33.1 Å². The van der Waals surface area contributed by atoms with Gasteiger partial charge in [-0.15, -0.1) is 16.4 Å². The highest BCUT2D eigenvalue weighted by atomic mass is 32.1. The first-order chi connectivity index (χ1) is 13.1. The molecule has 1 aliphatic heterocycles. The number of hydrogen-bond donors (Lipinski definition) is 0. The summed E-state index contributed by atoms with van der Waals surface area (Å²) in [4.78, 5) is 34.1. The summed E-state index contributed by atoms with van der Waals surface area (Å²) in [5, 5.41) is 5.57. The van der Waals surface area contributed by atoms with Gasteiger partial charge >= 0.3 is 5.69 Å². The molecule has 5 rings (SSSR count). The lowest BCUT2D eigenvalue weighted by Crippen LogP contribution is -2.39. The van der Waals surface area contributed by atoms with E-state index in [0.717, 1.165) is 55.4 Å². The molecule has 3 aromatic rings. The second kappa shape index (κ2) is 6.44. The van der Waals surface area contributed by atoms with Gasteiger partial charge in [0.15, 0.2) is 5.65 Å². The van der Waals surface area contributed by atoms with Crippen LogP contribution in [0.25, 0.3) is 15.9 Å². The molecular formula is C19H23N5O2S. The fourth-order valence-electron chi connectivity index (χ4n) is 4.34. The van der Waals surface area contributed by atoms with Crippen molar-refractivity contribution in [3.05, 3.63) is 27.3 Å². The van der Waals surface area contributed by atoms with Gasteiger partial charge in [-0.25, -0.2) is 18.9 Å². The van der Waals surface area contributed by atoms with Crippen molar-refractivity contribution in [2.24, 2.45) is 5.92 Å². The fraction of sp³-hybridized carbons (Fsp3) is 0.579. The Morgan fingerprint density at radius 1 is 1.30 bits per heavy atom. The average molecular weight is 385 g/mol. The largest absolute Gasteiger partial charge is 0.352 e. The van der Waals surface area contributed by atoms with E-state index in [1.54, 1.807) is 17.7 Å². The predicted octanol–water partition coefficient (Wildman–Crippen LogP) is 2.24. The number of carbonyl (C=O) groups excluding carboxylic acids is 1. The van der Waals surface area contributed by atoms with Gasteiger partial charge in [-0.05, 0) is 50.0 Å². The molecule has 0 bridgehead atoms. The molecule has 1 fully saturated rings. The van der Waals surface area contributed by atoms with Crippen molar-refractivity contribution < 1.29 is 4.79 Å². The molecule has 27 heavy (non-hydrogen) atoms. The van der Waals surface area contributed by atoms with Gasteiger partial charge in [0.25, 0.3) is 0 Å². The maximum absolute atomic E-state index is 12.8. The minimum atomic E-state index is -0.283. The molecule has 1 amide bonds. The van der Waals surface area contributed by atoms with Gasteiger partial charge in [-0.2, -0.15) is 0 Å². The Kier molecular flexibility index (Phi) is 4.03. The second-order valence-corrected chi connectivity index (χ2v) is 8.94. The van der Waals surface area contributed by atoms with E-state index in [2.05, 4.69) is 17.0 Å². The van der Waals surface area contributed by atoms with E-state index < -0.39 is 0 Å². The zero-order valence-corrected chi connectivity index (χ0v) is 16.3. The molecule has 0 aromatic carbocycles. The van der Waals surface area contributed by atoms with Crippen LogP contribution >= 0.6 is 11.3 Å². The fourth-order valence-corrected chi connectivity index (χ4v) is 5.68. The predicted molar refractivity (Wildman–Crippen MR) is 104 cm³/mol. The standard InChI is InChI=1S/C19H23N5O2S/c1-12-5-6-13-14(9-12)27-18-16(13)17-21-24(19(26)23(17)11-20-18)10-15(25)22-7-3-2-4-8-22/h11-12H,2-10H2,1H3/t12-/m0/s1. The van der Waals surface area contributed by atoms with Crippen LogP contribution in [0.3, 0.4) is 0 Å². The van der Waals surface area contributed by atoms with E-state index in [-0.39, 0.29) is 18.1 Å². The van der Waals surface area contributed by atoms with Crippen LogP contribution in [0, 0.1) is 5.92 Å². The van der Waals surface area contributed by atoms with E-state index in [1.807, 2.05) is 4.90 Å². The van der Waals surface area contributed by atoms with Gasteiger partial charge in [0.05, 0.1) is 5.39 Å². The van der Waals surface area contributed by atoms with Gasteiger partial charge in [0.2, 0.25) is 5.91 Å². The number of piperidine rings is 1. The number of hydrogen-bond acceptors (Lipinski definition) is 5. The monoisotopic (exact) mass is 385 g/mol. The summed E-state index contributed by atoms with van der Waals surface area (Å²) in [6.07, 6.45) is 8.03. The van der Waals surface area contributed by atoms with Crippen molar-refractivity contribution in [1.29, 1.82) is 0 Å². The van der Waals surface area contributed by atoms with E-state index in [1.165, 1.54) is 25.9 Å². The Bertz CT molecular complexity index is 1090. The van der Waals surface area contributed by atoms with Crippen molar-refractivity contribution in [2.75, 3.05) is 13.1 Å². The third-order valence-electron chi connectivity index (χ3n) is 5.87. The van der Waals surface area contributed by atoms with Crippen LogP contribution in [0.1, 0.15) is 43.0 Å². The topological polar surface area (TPSA) is 72.5 Å². The molecule has 0 saturated carbocycles. The summed E-state index contributed by atoms with van der Waals surface area (Å²) in [7, 11) is 0. The number of thiophene rings is 1. The number of nitrogens with zero attached hydrogens (tertiary/aromatic N) is 5. The summed E-state index contributed by atoms with van der Waals surface area (Å²) in [6.45, 7) is 3.85. The first-order valence-corrected chi connectivity index (χ1v) is 10.6. The summed E-state index contributed by atoms with van der Waals surface area (Å²) < 4.78 is 2.81. The van der Waals surface area contributed by atoms with E-state index in [0.29, 0.717) is 11.6 Å². The smallest absolute Gasteiger partial charge is 0.341 e. The molecule has 8 heteroatoms. The SMILES string of the molecule is C[C@H]1CCc2c(sc3ncn4c(=O)n(CC(=O)N5CCCCC5)nc4c23)C1. The average Bonchev–Trinajstić information content (AvgIpc) is 3.19. The number of rotatable bonds is 2. The summed E-state index contributed by atoms with van der Waals surface area (Å²) in [6, 6.07) is 0. The van der Waals surface area contributed by atoms with Crippen LogP contribution in [0.15, 0.2) is 11.1 Å². The number of amides is 1. The first-order valence-electron chi connectivity index (χ1n) is 9.78. The maximum atomic E-state index is 12.8. The highest BCUT2D eigenvalue weighted by Crippen LogP contribution is 2.38. The molecule has 1 saturated heterocycles. The van der Waals surface area contributed by atoms with Crippen LogP contribution in [0.5, 0.6) is 0 Å². The lowest BCUT2D eigenvalue weighted by atomic mass is 9.89. The normalized spacial score (nSPS) is 20.3. The Morgan fingerprint density at radius 3 is 2.93 bits per heavy atom. The highest BCUT2D eigenvalue weighted by Gasteiger charge is 2.25. The van der Waals surface area contributed by atoms with Crippen LogP contribution in [-0.2, 0) is 24.2 Å². The summed E-state index contributed by atoms with van der Waals surface area (Å²) in [5.41, 5.74) is 1.66. The molecule has 4 heterocycles. The molecule has 1 atom stereocenters. The summed E-state index contributed by atoms with van der Waals surface area (Å²) >= 11 is 1.72. The van der Waals surface area contributed by atoms with Crippen LogP contribution in [0.2, 0.25) is 0 Å². The number of aromatic nitrogens is 4. The van der Waals surface area contributed by atoms with Gasteiger partial charge in [0.1, 0.15) is 17.7 Å². The molecule has 2 aliphatic rings. The molecule has 0 spiro atoms. The minimum Gasteiger partial charge on any atom is -0.341 e. The number of fused-ring (bicyclic) bond motifs is 5. The van der Waals surface area contributed by atoms with Crippen molar-refractivity contribution in [1.82, 2.24) is 24.1 Å². The van der Waals surface area contributed by atoms with Crippen molar-refractivity contribution in [3.63, 3.8) is 0 Å². The highest BCUT2D eigenvalue weighted by molar-refractivity contribution is 7.19. The number of carbonyl (C=O) groups is 1. The Balaban J connectivity index is 1.57.